The lowest BCUT2D eigenvalue weighted by molar-refractivity contribution is -0.128. The highest BCUT2D eigenvalue weighted by Crippen LogP contribution is 2.28. The Kier molecular flexibility index (Phi) is 4.49. The molecule has 2 amide bonds. The zero-order chi connectivity index (χ0) is 18.0. The van der Waals surface area contributed by atoms with Gasteiger partial charge in [-0.05, 0) is 34.7 Å². The average molecular weight is 338 g/mol. The molecule has 1 aliphatic heterocycles. The first-order chi connectivity index (χ1) is 11.8. The number of amides is 2. The summed E-state index contributed by atoms with van der Waals surface area (Å²) in [6.07, 6.45) is -0.126. The van der Waals surface area contributed by atoms with Crippen molar-refractivity contribution in [1.29, 1.82) is 0 Å². The molecule has 5 heteroatoms. The van der Waals surface area contributed by atoms with Crippen LogP contribution in [0.5, 0.6) is 5.75 Å². The number of ether oxygens (including phenoxy) is 1. The van der Waals surface area contributed by atoms with Crippen LogP contribution < -0.4 is 15.6 Å². The van der Waals surface area contributed by atoms with E-state index in [9.17, 15) is 9.59 Å². The molecule has 3 rings (SSSR count). The number of rotatable bonds is 2. The number of hydrogen-bond acceptors (Lipinski definition) is 3. The van der Waals surface area contributed by atoms with Crippen molar-refractivity contribution >= 4 is 11.8 Å². The number of carbonyl (C=O) groups is 2. The van der Waals surface area contributed by atoms with Gasteiger partial charge < -0.3 is 4.74 Å². The molecular weight excluding hydrogens is 316 g/mol. The largest absolute Gasteiger partial charge is 0.480 e. The van der Waals surface area contributed by atoms with Crippen LogP contribution in [-0.2, 0) is 16.6 Å². The van der Waals surface area contributed by atoms with Gasteiger partial charge in [-0.3, -0.25) is 20.4 Å². The fourth-order valence-corrected chi connectivity index (χ4v) is 2.72. The first-order valence-corrected chi connectivity index (χ1v) is 8.30. The topological polar surface area (TPSA) is 67.4 Å². The minimum Gasteiger partial charge on any atom is -0.480 e. The molecule has 0 radical (unpaired) electrons. The normalized spacial score (nSPS) is 15.9. The fourth-order valence-electron chi connectivity index (χ4n) is 2.72. The SMILES string of the molecule is CC(C)(C)c1ccc(C(=O)NNC(=O)[C@H]2Cc3ccccc3O2)cc1. The lowest BCUT2D eigenvalue weighted by atomic mass is 9.87. The second kappa shape index (κ2) is 6.59. The zero-order valence-corrected chi connectivity index (χ0v) is 14.6. The third-order valence-corrected chi connectivity index (χ3v) is 4.25. The quantitative estimate of drug-likeness (QED) is 0.828. The highest BCUT2D eigenvalue weighted by Gasteiger charge is 2.29. The summed E-state index contributed by atoms with van der Waals surface area (Å²) in [6, 6.07) is 14.9. The summed E-state index contributed by atoms with van der Waals surface area (Å²) in [4.78, 5) is 24.4. The van der Waals surface area contributed by atoms with E-state index in [0.29, 0.717) is 17.7 Å². The number of para-hydroxylation sites is 1. The Balaban J connectivity index is 1.55. The monoisotopic (exact) mass is 338 g/mol. The lowest BCUT2D eigenvalue weighted by Gasteiger charge is -2.19. The zero-order valence-electron chi connectivity index (χ0n) is 14.6. The maximum absolute atomic E-state index is 12.2. The second-order valence-corrected chi connectivity index (χ2v) is 7.19. The van der Waals surface area contributed by atoms with Gasteiger partial charge in [-0.15, -0.1) is 0 Å². The highest BCUT2D eigenvalue weighted by atomic mass is 16.5. The molecule has 130 valence electrons. The number of benzene rings is 2. The van der Waals surface area contributed by atoms with E-state index < -0.39 is 6.10 Å². The van der Waals surface area contributed by atoms with Crippen LogP contribution in [0.1, 0.15) is 42.3 Å². The Morgan fingerprint density at radius 3 is 2.32 bits per heavy atom. The van der Waals surface area contributed by atoms with Crippen LogP contribution in [0.15, 0.2) is 48.5 Å². The van der Waals surface area contributed by atoms with Crippen molar-refractivity contribution in [1.82, 2.24) is 10.9 Å². The van der Waals surface area contributed by atoms with E-state index in [1.807, 2.05) is 36.4 Å². The van der Waals surface area contributed by atoms with E-state index in [2.05, 4.69) is 31.6 Å². The molecule has 0 saturated heterocycles. The van der Waals surface area contributed by atoms with Gasteiger partial charge in [0.25, 0.3) is 11.8 Å². The Morgan fingerprint density at radius 1 is 1.00 bits per heavy atom. The van der Waals surface area contributed by atoms with Crippen LogP contribution in [0.4, 0.5) is 0 Å². The Bertz CT molecular complexity index is 766. The number of nitrogens with one attached hydrogen (secondary N) is 2. The van der Waals surface area contributed by atoms with Crippen LogP contribution >= 0.6 is 0 Å². The van der Waals surface area contributed by atoms with Gasteiger partial charge in [-0.25, -0.2) is 0 Å². The van der Waals surface area contributed by atoms with Crippen molar-refractivity contribution in [3.8, 4) is 5.75 Å². The molecule has 0 saturated carbocycles. The minimum atomic E-state index is -0.624. The summed E-state index contributed by atoms with van der Waals surface area (Å²) in [6.45, 7) is 6.34. The molecule has 5 nitrogen and oxygen atoms in total. The summed E-state index contributed by atoms with van der Waals surface area (Å²) in [7, 11) is 0. The van der Waals surface area contributed by atoms with Crippen molar-refractivity contribution in [3.63, 3.8) is 0 Å². The third kappa shape index (κ3) is 3.82. The number of hydrazine groups is 1. The Morgan fingerprint density at radius 2 is 1.68 bits per heavy atom. The molecule has 0 bridgehead atoms. The van der Waals surface area contributed by atoms with Gasteiger partial charge in [0.2, 0.25) is 0 Å². The standard InChI is InChI=1S/C20H22N2O3/c1-20(2,3)15-10-8-13(9-11-15)18(23)21-22-19(24)17-12-14-6-4-5-7-16(14)25-17/h4-11,17H,12H2,1-3H3,(H,21,23)(H,22,24)/t17-/m1/s1. The van der Waals surface area contributed by atoms with E-state index in [1.54, 1.807) is 12.1 Å². The Hall–Kier alpha value is -2.82. The maximum atomic E-state index is 12.2. The number of fused-ring (bicyclic) bond motifs is 1. The summed E-state index contributed by atoms with van der Waals surface area (Å²) < 4.78 is 5.60. The average Bonchev–Trinajstić information content (AvgIpc) is 3.03. The maximum Gasteiger partial charge on any atom is 0.279 e. The van der Waals surface area contributed by atoms with Gasteiger partial charge in [0.15, 0.2) is 6.10 Å². The van der Waals surface area contributed by atoms with E-state index >= 15 is 0 Å². The summed E-state index contributed by atoms with van der Waals surface area (Å²) in [5.41, 5.74) is 7.53. The summed E-state index contributed by atoms with van der Waals surface area (Å²) >= 11 is 0. The molecule has 2 N–H and O–H groups in total. The van der Waals surface area contributed by atoms with Gasteiger partial charge in [0.05, 0.1) is 0 Å². The van der Waals surface area contributed by atoms with E-state index in [1.165, 1.54) is 0 Å². The van der Waals surface area contributed by atoms with Crippen LogP contribution in [0.25, 0.3) is 0 Å². The molecule has 0 aromatic heterocycles. The third-order valence-electron chi connectivity index (χ3n) is 4.25. The van der Waals surface area contributed by atoms with Crippen molar-refractivity contribution in [2.75, 3.05) is 0 Å². The first kappa shape index (κ1) is 17.0. The predicted octanol–water partition coefficient (Wildman–Crippen LogP) is 2.75. The smallest absolute Gasteiger partial charge is 0.279 e. The van der Waals surface area contributed by atoms with Gasteiger partial charge in [-0.2, -0.15) is 0 Å². The second-order valence-electron chi connectivity index (χ2n) is 7.19. The van der Waals surface area contributed by atoms with Gasteiger partial charge in [-0.1, -0.05) is 51.1 Å². The number of carbonyl (C=O) groups excluding carboxylic acids is 2. The Labute approximate surface area is 147 Å². The molecule has 0 aliphatic carbocycles. The molecule has 2 aromatic rings. The number of hydrogen-bond donors (Lipinski definition) is 2. The molecular formula is C20H22N2O3. The molecule has 0 unspecified atom stereocenters. The van der Waals surface area contributed by atoms with Gasteiger partial charge in [0, 0.05) is 12.0 Å². The molecule has 0 spiro atoms. The van der Waals surface area contributed by atoms with Gasteiger partial charge >= 0.3 is 0 Å². The van der Waals surface area contributed by atoms with Crippen molar-refractivity contribution in [2.24, 2.45) is 0 Å². The molecule has 1 heterocycles. The van der Waals surface area contributed by atoms with Gasteiger partial charge in [0.1, 0.15) is 5.75 Å². The van der Waals surface area contributed by atoms with Crippen LogP contribution in [0.2, 0.25) is 0 Å². The van der Waals surface area contributed by atoms with Crippen molar-refractivity contribution < 1.29 is 14.3 Å². The van der Waals surface area contributed by atoms with Crippen LogP contribution in [0, 0.1) is 0 Å². The highest BCUT2D eigenvalue weighted by molar-refractivity contribution is 5.96. The lowest BCUT2D eigenvalue weighted by Crippen LogP contribution is -2.47. The summed E-state index contributed by atoms with van der Waals surface area (Å²) in [5, 5.41) is 0. The molecule has 1 atom stereocenters. The van der Waals surface area contributed by atoms with E-state index in [4.69, 9.17) is 4.74 Å². The van der Waals surface area contributed by atoms with E-state index in [-0.39, 0.29) is 17.2 Å². The predicted molar refractivity (Wildman–Crippen MR) is 95.3 cm³/mol. The van der Waals surface area contributed by atoms with Crippen LogP contribution in [-0.4, -0.2) is 17.9 Å². The molecule has 0 fully saturated rings. The first-order valence-electron chi connectivity index (χ1n) is 8.30. The molecule has 25 heavy (non-hydrogen) atoms. The van der Waals surface area contributed by atoms with E-state index in [0.717, 1.165) is 11.1 Å². The van der Waals surface area contributed by atoms with Crippen LogP contribution in [0.3, 0.4) is 0 Å². The van der Waals surface area contributed by atoms with Crippen molar-refractivity contribution in [3.05, 3.63) is 65.2 Å². The fraction of sp³-hybridized carbons (Fsp3) is 0.300. The summed E-state index contributed by atoms with van der Waals surface area (Å²) in [5.74, 6) is -0.00747. The molecule has 1 aliphatic rings. The minimum absolute atomic E-state index is 0.0258. The molecule has 2 aromatic carbocycles. The van der Waals surface area contributed by atoms with Crippen molar-refractivity contribution in [2.45, 2.75) is 38.7 Å².